The number of aromatic hydroxyl groups is 1. The minimum Gasteiger partial charge on any atom is -0.504 e. The van der Waals surface area contributed by atoms with Crippen LogP contribution in [0, 0.1) is 0 Å². The van der Waals surface area contributed by atoms with Crippen molar-refractivity contribution >= 4 is 28.7 Å². The number of imidazole rings is 1. The van der Waals surface area contributed by atoms with Crippen LogP contribution in [0.3, 0.4) is 0 Å². The number of phenols is 1. The van der Waals surface area contributed by atoms with E-state index in [0.717, 1.165) is 11.0 Å². The number of rotatable bonds is 6. The molecule has 0 aliphatic rings. The maximum atomic E-state index is 12.4. The molecule has 0 spiro atoms. The molecule has 0 bridgehead atoms. The second-order valence-corrected chi connectivity index (χ2v) is 6.79. The van der Waals surface area contributed by atoms with E-state index in [1.54, 1.807) is 24.5 Å². The van der Waals surface area contributed by atoms with Gasteiger partial charge in [0.05, 0.1) is 24.6 Å². The fourth-order valence-electron chi connectivity index (χ4n) is 3.25. The van der Waals surface area contributed by atoms with Crippen LogP contribution >= 0.6 is 0 Å². The second-order valence-electron chi connectivity index (χ2n) is 6.79. The molecule has 1 heterocycles. The summed E-state index contributed by atoms with van der Waals surface area (Å²) in [6.45, 7) is 0.704. The van der Waals surface area contributed by atoms with Gasteiger partial charge in [-0.15, -0.1) is 0 Å². The Morgan fingerprint density at radius 3 is 2.73 bits per heavy atom. The summed E-state index contributed by atoms with van der Waals surface area (Å²) in [5.41, 5.74) is 4.19. The number of hydrogen-bond donors (Lipinski definition) is 2. The Morgan fingerprint density at radius 2 is 1.97 bits per heavy atom. The molecule has 6 nitrogen and oxygen atoms in total. The van der Waals surface area contributed by atoms with E-state index in [2.05, 4.69) is 27.0 Å². The van der Waals surface area contributed by atoms with E-state index in [4.69, 9.17) is 4.74 Å². The molecule has 0 saturated heterocycles. The highest BCUT2D eigenvalue weighted by atomic mass is 16.5. The van der Waals surface area contributed by atoms with E-state index in [1.165, 1.54) is 24.8 Å². The summed E-state index contributed by atoms with van der Waals surface area (Å²) in [5, 5.41) is 12.7. The summed E-state index contributed by atoms with van der Waals surface area (Å²) in [6, 6.07) is 20.8. The fourth-order valence-corrected chi connectivity index (χ4v) is 3.25. The molecule has 6 heteroatoms. The van der Waals surface area contributed by atoms with Gasteiger partial charge in [0, 0.05) is 12.6 Å². The number of phenolic OH excluding ortho intramolecular Hbond substituents is 1. The van der Waals surface area contributed by atoms with Gasteiger partial charge in [0.15, 0.2) is 11.5 Å². The number of nitrogens with one attached hydrogen (secondary N) is 1. The number of carbonyl (C=O) groups is 1. The van der Waals surface area contributed by atoms with Crippen LogP contribution in [0.1, 0.15) is 11.1 Å². The Bertz CT molecular complexity index is 1210. The third-order valence-electron chi connectivity index (χ3n) is 4.73. The molecular weight excluding hydrogens is 378 g/mol. The number of para-hydroxylation sites is 1. The van der Waals surface area contributed by atoms with E-state index in [0.29, 0.717) is 23.5 Å². The van der Waals surface area contributed by atoms with Gasteiger partial charge >= 0.3 is 0 Å². The number of nitrogens with zero attached hydrogens (tertiary/aromatic N) is 2. The number of amides is 1. The number of methoxy groups -OCH3 is 1. The third kappa shape index (κ3) is 4.17. The van der Waals surface area contributed by atoms with Crippen LogP contribution in [-0.4, -0.2) is 27.7 Å². The maximum absolute atomic E-state index is 12.4. The second kappa shape index (κ2) is 8.53. The van der Waals surface area contributed by atoms with Crippen LogP contribution in [0.25, 0.3) is 17.1 Å². The van der Waals surface area contributed by atoms with Gasteiger partial charge in [-0.2, -0.15) is 0 Å². The fraction of sp³-hybridized carbons (Fsp3) is 0.0833. The molecule has 0 saturated carbocycles. The summed E-state index contributed by atoms with van der Waals surface area (Å²) in [4.78, 5) is 16.9. The highest BCUT2D eigenvalue weighted by Crippen LogP contribution is 2.27. The molecule has 0 radical (unpaired) electrons. The lowest BCUT2D eigenvalue weighted by Crippen LogP contribution is -2.08. The monoisotopic (exact) mass is 399 g/mol. The Morgan fingerprint density at radius 1 is 1.13 bits per heavy atom. The SMILES string of the molecule is COc1ccc(C=CC(=O)Nc2cccc3c2ncn3Cc2ccccc2)cc1O. The molecule has 0 atom stereocenters. The summed E-state index contributed by atoms with van der Waals surface area (Å²) in [6.07, 6.45) is 4.83. The molecule has 4 rings (SSSR count). The zero-order valence-electron chi connectivity index (χ0n) is 16.4. The van der Waals surface area contributed by atoms with E-state index in [9.17, 15) is 9.90 Å². The van der Waals surface area contributed by atoms with E-state index in [1.807, 2.05) is 36.4 Å². The van der Waals surface area contributed by atoms with Crippen molar-refractivity contribution in [3.63, 3.8) is 0 Å². The predicted molar refractivity (Wildman–Crippen MR) is 118 cm³/mol. The molecule has 0 aliphatic carbocycles. The number of ether oxygens (including phenoxy) is 1. The Kier molecular flexibility index (Phi) is 5.48. The minimum absolute atomic E-state index is 0.0220. The molecule has 4 aromatic rings. The number of hydrogen-bond acceptors (Lipinski definition) is 4. The highest BCUT2D eigenvalue weighted by Gasteiger charge is 2.09. The number of fused-ring (bicyclic) bond motifs is 1. The maximum Gasteiger partial charge on any atom is 0.248 e. The quantitative estimate of drug-likeness (QED) is 0.470. The lowest BCUT2D eigenvalue weighted by Gasteiger charge is -2.07. The van der Waals surface area contributed by atoms with Crippen molar-refractivity contribution in [1.29, 1.82) is 0 Å². The number of aromatic nitrogens is 2. The molecule has 3 aromatic carbocycles. The van der Waals surface area contributed by atoms with Gasteiger partial charge in [0.25, 0.3) is 0 Å². The minimum atomic E-state index is -0.282. The van der Waals surface area contributed by atoms with Crippen LogP contribution in [-0.2, 0) is 11.3 Å². The summed E-state index contributed by atoms with van der Waals surface area (Å²) < 4.78 is 7.07. The first kappa shape index (κ1) is 19.3. The summed E-state index contributed by atoms with van der Waals surface area (Å²) in [5.74, 6) is 0.124. The zero-order valence-corrected chi connectivity index (χ0v) is 16.4. The molecule has 30 heavy (non-hydrogen) atoms. The zero-order chi connectivity index (χ0) is 20.9. The number of anilines is 1. The van der Waals surface area contributed by atoms with Gasteiger partial charge in [0.2, 0.25) is 5.91 Å². The molecule has 1 aromatic heterocycles. The number of carbonyl (C=O) groups excluding carboxylic acids is 1. The first-order valence-electron chi connectivity index (χ1n) is 9.48. The van der Waals surface area contributed by atoms with Crippen molar-refractivity contribution < 1.29 is 14.6 Å². The smallest absolute Gasteiger partial charge is 0.248 e. The van der Waals surface area contributed by atoms with Crippen LogP contribution in [0.5, 0.6) is 11.5 Å². The van der Waals surface area contributed by atoms with Gasteiger partial charge in [-0.1, -0.05) is 42.5 Å². The van der Waals surface area contributed by atoms with Gasteiger partial charge in [-0.3, -0.25) is 4.79 Å². The Hall–Kier alpha value is -4.06. The van der Waals surface area contributed by atoms with Crippen LogP contribution in [0.2, 0.25) is 0 Å². The van der Waals surface area contributed by atoms with Crippen LogP contribution in [0.4, 0.5) is 5.69 Å². The molecule has 0 aliphatic heterocycles. The summed E-state index contributed by atoms with van der Waals surface area (Å²) in [7, 11) is 1.49. The van der Waals surface area contributed by atoms with Gasteiger partial charge in [-0.25, -0.2) is 4.98 Å². The van der Waals surface area contributed by atoms with Crippen molar-refractivity contribution in [2.24, 2.45) is 0 Å². The van der Waals surface area contributed by atoms with Crippen molar-refractivity contribution in [3.05, 3.63) is 90.3 Å². The molecular formula is C24H21N3O3. The van der Waals surface area contributed by atoms with E-state index in [-0.39, 0.29) is 11.7 Å². The first-order chi connectivity index (χ1) is 14.6. The molecule has 0 unspecified atom stereocenters. The van der Waals surface area contributed by atoms with E-state index < -0.39 is 0 Å². The Labute approximate surface area is 174 Å². The Balaban J connectivity index is 1.51. The highest BCUT2D eigenvalue weighted by molar-refractivity contribution is 6.06. The lowest BCUT2D eigenvalue weighted by atomic mass is 10.2. The number of benzene rings is 3. The topological polar surface area (TPSA) is 76.4 Å². The van der Waals surface area contributed by atoms with Crippen molar-refractivity contribution in [3.8, 4) is 11.5 Å². The average Bonchev–Trinajstić information content (AvgIpc) is 3.17. The van der Waals surface area contributed by atoms with Crippen LogP contribution in [0.15, 0.2) is 79.1 Å². The average molecular weight is 399 g/mol. The largest absolute Gasteiger partial charge is 0.504 e. The van der Waals surface area contributed by atoms with Crippen LogP contribution < -0.4 is 10.1 Å². The van der Waals surface area contributed by atoms with Crippen molar-refractivity contribution in [1.82, 2.24) is 9.55 Å². The molecule has 2 N–H and O–H groups in total. The van der Waals surface area contributed by atoms with Gasteiger partial charge < -0.3 is 19.7 Å². The third-order valence-corrected chi connectivity index (χ3v) is 4.73. The van der Waals surface area contributed by atoms with Crippen molar-refractivity contribution in [2.45, 2.75) is 6.54 Å². The van der Waals surface area contributed by atoms with Gasteiger partial charge in [0.1, 0.15) is 5.52 Å². The predicted octanol–water partition coefficient (Wildman–Crippen LogP) is 4.45. The summed E-state index contributed by atoms with van der Waals surface area (Å²) >= 11 is 0. The molecule has 150 valence electrons. The lowest BCUT2D eigenvalue weighted by molar-refractivity contribution is -0.111. The molecule has 1 amide bonds. The van der Waals surface area contributed by atoms with Crippen molar-refractivity contribution in [2.75, 3.05) is 12.4 Å². The van der Waals surface area contributed by atoms with E-state index >= 15 is 0 Å². The normalized spacial score (nSPS) is 11.1. The molecule has 0 fully saturated rings. The van der Waals surface area contributed by atoms with Gasteiger partial charge in [-0.05, 0) is 41.5 Å². The standard InChI is InChI=1S/C24H21N3O3/c1-30-22-12-10-17(14-21(22)28)11-13-23(29)26-19-8-5-9-20-24(19)25-16-27(20)15-18-6-3-2-4-7-18/h2-14,16,28H,15H2,1H3,(H,26,29). The first-order valence-corrected chi connectivity index (χ1v) is 9.48.